The monoisotopic (exact) mass is 309 g/mol. The molecule has 4 rings (SSSR count). The molecule has 0 atom stereocenters. The zero-order chi connectivity index (χ0) is 15.5. The summed E-state index contributed by atoms with van der Waals surface area (Å²) in [5.41, 5.74) is 2.30. The van der Waals surface area contributed by atoms with E-state index in [-0.39, 0.29) is 0 Å². The van der Waals surface area contributed by atoms with Crippen LogP contribution in [0.3, 0.4) is 0 Å². The summed E-state index contributed by atoms with van der Waals surface area (Å²) in [5, 5.41) is 11.0. The van der Waals surface area contributed by atoms with E-state index in [1.807, 2.05) is 42.7 Å². The SMILES string of the molecule is c1ccc(-c2noc(CN3CCC(c4cn[nH]c4)CC3)n2)cc1. The molecule has 23 heavy (non-hydrogen) atoms. The summed E-state index contributed by atoms with van der Waals surface area (Å²) < 4.78 is 5.40. The highest BCUT2D eigenvalue weighted by Crippen LogP contribution is 2.27. The molecule has 118 valence electrons. The van der Waals surface area contributed by atoms with Gasteiger partial charge in [0, 0.05) is 11.8 Å². The molecular weight excluding hydrogens is 290 g/mol. The molecule has 1 fully saturated rings. The van der Waals surface area contributed by atoms with Crippen LogP contribution in [0.25, 0.3) is 11.4 Å². The molecule has 6 nitrogen and oxygen atoms in total. The normalized spacial score (nSPS) is 16.7. The highest BCUT2D eigenvalue weighted by Gasteiger charge is 2.22. The van der Waals surface area contributed by atoms with Crippen LogP contribution in [0.1, 0.15) is 30.2 Å². The number of piperidine rings is 1. The molecule has 1 aliphatic heterocycles. The van der Waals surface area contributed by atoms with Crippen molar-refractivity contribution in [2.45, 2.75) is 25.3 Å². The van der Waals surface area contributed by atoms with Crippen LogP contribution in [0.15, 0.2) is 47.2 Å². The number of aromatic amines is 1. The van der Waals surface area contributed by atoms with Gasteiger partial charge in [-0.15, -0.1) is 0 Å². The first-order chi connectivity index (χ1) is 11.4. The van der Waals surface area contributed by atoms with Crippen LogP contribution in [0.5, 0.6) is 0 Å². The minimum Gasteiger partial charge on any atom is -0.338 e. The van der Waals surface area contributed by atoms with Crippen molar-refractivity contribution in [2.24, 2.45) is 0 Å². The van der Waals surface area contributed by atoms with Gasteiger partial charge in [0.15, 0.2) is 0 Å². The largest absolute Gasteiger partial charge is 0.338 e. The first-order valence-electron chi connectivity index (χ1n) is 7.97. The van der Waals surface area contributed by atoms with Gasteiger partial charge in [-0.2, -0.15) is 10.1 Å². The van der Waals surface area contributed by atoms with Crippen molar-refractivity contribution < 1.29 is 4.52 Å². The summed E-state index contributed by atoms with van der Waals surface area (Å²) in [5.74, 6) is 1.95. The quantitative estimate of drug-likeness (QED) is 0.802. The standard InChI is InChI=1S/C17H19N5O/c1-2-4-14(5-3-1)17-20-16(23-21-17)12-22-8-6-13(7-9-22)15-10-18-19-11-15/h1-5,10-11,13H,6-9,12H2,(H,18,19). The smallest absolute Gasteiger partial charge is 0.241 e. The van der Waals surface area contributed by atoms with Crippen LogP contribution in [0.2, 0.25) is 0 Å². The lowest BCUT2D eigenvalue weighted by molar-refractivity contribution is 0.181. The zero-order valence-corrected chi connectivity index (χ0v) is 12.9. The maximum atomic E-state index is 5.40. The molecule has 3 heterocycles. The molecule has 1 N–H and O–H groups in total. The van der Waals surface area contributed by atoms with Gasteiger partial charge in [-0.05, 0) is 37.4 Å². The second-order valence-electron chi connectivity index (χ2n) is 5.96. The van der Waals surface area contributed by atoms with Gasteiger partial charge >= 0.3 is 0 Å². The fourth-order valence-electron chi connectivity index (χ4n) is 3.12. The Bertz CT molecular complexity index is 729. The van der Waals surface area contributed by atoms with Crippen molar-refractivity contribution in [1.82, 2.24) is 25.2 Å². The highest BCUT2D eigenvalue weighted by molar-refractivity contribution is 5.53. The van der Waals surface area contributed by atoms with E-state index in [0.29, 0.717) is 17.6 Å². The van der Waals surface area contributed by atoms with Gasteiger partial charge in [0.2, 0.25) is 11.7 Å². The molecule has 0 saturated carbocycles. The fourth-order valence-corrected chi connectivity index (χ4v) is 3.12. The summed E-state index contributed by atoms with van der Waals surface area (Å²) in [4.78, 5) is 6.88. The Kier molecular flexibility index (Phi) is 3.90. The van der Waals surface area contributed by atoms with Gasteiger partial charge in [-0.25, -0.2) is 0 Å². The number of H-pyrrole nitrogens is 1. The van der Waals surface area contributed by atoms with Crippen molar-refractivity contribution in [3.8, 4) is 11.4 Å². The summed E-state index contributed by atoms with van der Waals surface area (Å²) in [6, 6.07) is 9.92. The first kappa shape index (κ1) is 14.1. The minimum absolute atomic E-state index is 0.604. The molecule has 0 bridgehead atoms. The van der Waals surface area contributed by atoms with Crippen LogP contribution >= 0.6 is 0 Å². The topological polar surface area (TPSA) is 70.8 Å². The average molecular weight is 309 g/mol. The predicted octanol–water partition coefficient (Wildman–Crippen LogP) is 2.84. The Labute approximate surface area is 134 Å². The lowest BCUT2D eigenvalue weighted by Crippen LogP contribution is -2.32. The highest BCUT2D eigenvalue weighted by atomic mass is 16.5. The first-order valence-corrected chi connectivity index (χ1v) is 7.97. The Hall–Kier alpha value is -2.47. The molecule has 0 aliphatic carbocycles. The molecule has 0 unspecified atom stereocenters. The zero-order valence-electron chi connectivity index (χ0n) is 12.9. The lowest BCUT2D eigenvalue weighted by atomic mass is 9.92. The number of hydrogen-bond acceptors (Lipinski definition) is 5. The second-order valence-corrected chi connectivity index (χ2v) is 5.96. The van der Waals surface area contributed by atoms with E-state index in [2.05, 4.69) is 25.2 Å². The number of aromatic nitrogens is 4. The third-order valence-electron chi connectivity index (χ3n) is 4.44. The number of benzene rings is 1. The Morgan fingerprint density at radius 2 is 2.00 bits per heavy atom. The summed E-state index contributed by atoms with van der Waals surface area (Å²) in [6.45, 7) is 2.80. The van der Waals surface area contributed by atoms with Gasteiger partial charge in [0.05, 0.1) is 12.7 Å². The molecule has 1 saturated heterocycles. The second kappa shape index (κ2) is 6.34. The fraction of sp³-hybridized carbons (Fsp3) is 0.353. The molecule has 3 aromatic rings. The Morgan fingerprint density at radius 1 is 1.17 bits per heavy atom. The summed E-state index contributed by atoms with van der Waals surface area (Å²) in [6.07, 6.45) is 6.22. The van der Waals surface area contributed by atoms with E-state index < -0.39 is 0 Å². The number of nitrogens with one attached hydrogen (secondary N) is 1. The van der Waals surface area contributed by atoms with Crippen LogP contribution in [0, 0.1) is 0 Å². The van der Waals surface area contributed by atoms with Gasteiger partial charge in [-0.3, -0.25) is 10.00 Å². The van der Waals surface area contributed by atoms with Crippen molar-refractivity contribution in [3.05, 3.63) is 54.2 Å². The van der Waals surface area contributed by atoms with Crippen LogP contribution in [-0.2, 0) is 6.54 Å². The molecule has 0 radical (unpaired) electrons. The van der Waals surface area contributed by atoms with E-state index in [0.717, 1.165) is 38.0 Å². The molecule has 0 spiro atoms. The maximum Gasteiger partial charge on any atom is 0.241 e. The Morgan fingerprint density at radius 3 is 2.74 bits per heavy atom. The van der Waals surface area contributed by atoms with Crippen LogP contribution in [0.4, 0.5) is 0 Å². The van der Waals surface area contributed by atoms with Crippen molar-refractivity contribution in [3.63, 3.8) is 0 Å². The number of likely N-dealkylation sites (tertiary alicyclic amines) is 1. The van der Waals surface area contributed by atoms with E-state index >= 15 is 0 Å². The Balaban J connectivity index is 1.36. The van der Waals surface area contributed by atoms with E-state index in [1.165, 1.54) is 5.56 Å². The molecule has 1 aromatic carbocycles. The minimum atomic E-state index is 0.604. The summed E-state index contributed by atoms with van der Waals surface area (Å²) >= 11 is 0. The van der Waals surface area contributed by atoms with Crippen LogP contribution in [-0.4, -0.2) is 38.3 Å². The van der Waals surface area contributed by atoms with Crippen LogP contribution < -0.4 is 0 Å². The molecule has 2 aromatic heterocycles. The third-order valence-corrected chi connectivity index (χ3v) is 4.44. The van der Waals surface area contributed by atoms with Crippen molar-refractivity contribution >= 4 is 0 Å². The predicted molar refractivity (Wildman–Crippen MR) is 85.6 cm³/mol. The van der Waals surface area contributed by atoms with E-state index in [1.54, 1.807) is 0 Å². The van der Waals surface area contributed by atoms with Gasteiger partial charge in [0.1, 0.15) is 0 Å². The van der Waals surface area contributed by atoms with E-state index in [4.69, 9.17) is 4.52 Å². The molecular formula is C17H19N5O. The van der Waals surface area contributed by atoms with Crippen molar-refractivity contribution in [2.75, 3.05) is 13.1 Å². The van der Waals surface area contributed by atoms with Gasteiger partial charge in [0.25, 0.3) is 0 Å². The number of rotatable bonds is 4. The number of nitrogens with zero attached hydrogens (tertiary/aromatic N) is 4. The van der Waals surface area contributed by atoms with Gasteiger partial charge in [-0.1, -0.05) is 35.5 Å². The molecule has 0 amide bonds. The van der Waals surface area contributed by atoms with E-state index in [9.17, 15) is 0 Å². The lowest BCUT2D eigenvalue weighted by Gasteiger charge is -2.30. The average Bonchev–Trinajstić information content (AvgIpc) is 3.28. The van der Waals surface area contributed by atoms with Crippen molar-refractivity contribution in [1.29, 1.82) is 0 Å². The maximum absolute atomic E-state index is 5.40. The molecule has 6 heteroatoms. The third kappa shape index (κ3) is 3.17. The summed E-state index contributed by atoms with van der Waals surface area (Å²) in [7, 11) is 0. The molecule has 1 aliphatic rings. The number of hydrogen-bond donors (Lipinski definition) is 1. The van der Waals surface area contributed by atoms with Gasteiger partial charge < -0.3 is 4.52 Å².